The van der Waals surface area contributed by atoms with Crippen molar-refractivity contribution in [1.82, 2.24) is 0 Å². The quantitative estimate of drug-likeness (QED) is 0.802. The summed E-state index contributed by atoms with van der Waals surface area (Å²) in [6, 6.07) is 5.65. The number of sulfone groups is 1. The Morgan fingerprint density at radius 3 is 2.59 bits per heavy atom. The zero-order valence-corrected chi connectivity index (χ0v) is 10.1. The van der Waals surface area contributed by atoms with Crippen LogP contribution in [0.3, 0.4) is 0 Å². The van der Waals surface area contributed by atoms with Gasteiger partial charge in [0.15, 0.2) is 9.84 Å². The summed E-state index contributed by atoms with van der Waals surface area (Å²) in [5.74, 6) is -0.986. The van der Waals surface area contributed by atoms with E-state index in [1.807, 2.05) is 0 Å². The normalized spacial score (nSPS) is 32.5. The fourth-order valence-electron chi connectivity index (χ4n) is 2.44. The number of benzene rings is 1. The third-order valence-corrected chi connectivity index (χ3v) is 4.88. The molecule has 0 bridgehead atoms. The van der Waals surface area contributed by atoms with Crippen molar-refractivity contribution in [3.8, 4) is 0 Å². The Bertz CT molecular complexity index is 545. The Kier molecular flexibility index (Phi) is 2.76. The molecule has 1 aromatic rings. The summed E-state index contributed by atoms with van der Waals surface area (Å²) < 4.78 is 36.2. The molecule has 0 aliphatic heterocycles. The van der Waals surface area contributed by atoms with E-state index in [4.69, 9.17) is 5.73 Å². The molecule has 1 aliphatic rings. The van der Waals surface area contributed by atoms with Crippen molar-refractivity contribution in [2.75, 3.05) is 12.9 Å². The Morgan fingerprint density at radius 2 is 2.18 bits per heavy atom. The summed E-state index contributed by atoms with van der Waals surface area (Å²) >= 11 is 0. The van der Waals surface area contributed by atoms with Crippen molar-refractivity contribution < 1.29 is 17.9 Å². The van der Waals surface area contributed by atoms with Gasteiger partial charge in [0.25, 0.3) is 0 Å². The van der Waals surface area contributed by atoms with Crippen LogP contribution in [-0.4, -0.2) is 37.2 Å². The van der Waals surface area contributed by atoms with Gasteiger partial charge in [-0.05, 0) is 17.7 Å². The molecule has 0 aromatic heterocycles. The van der Waals surface area contributed by atoms with E-state index >= 15 is 0 Å². The van der Waals surface area contributed by atoms with Crippen LogP contribution in [-0.2, 0) is 9.84 Å². The second-order valence-electron chi connectivity index (χ2n) is 4.55. The third kappa shape index (κ3) is 1.96. The largest absolute Gasteiger partial charge is 0.394 e. The lowest BCUT2D eigenvalue weighted by Crippen LogP contribution is -2.34. The van der Waals surface area contributed by atoms with Crippen LogP contribution in [0.1, 0.15) is 11.5 Å². The smallest absolute Gasteiger partial charge is 0.152 e. The average Bonchev–Trinajstić information content (AvgIpc) is 2.86. The zero-order valence-electron chi connectivity index (χ0n) is 9.30. The second kappa shape index (κ2) is 3.76. The number of rotatable bonds is 3. The minimum absolute atomic E-state index is 0.439. The molecular weight excluding hydrogens is 245 g/mol. The van der Waals surface area contributed by atoms with Crippen molar-refractivity contribution in [1.29, 1.82) is 0 Å². The molecule has 0 spiro atoms. The SMILES string of the molecule is CS(=O)(=O)C1C(c2cccc(F)c2)C1(N)CO. The maximum absolute atomic E-state index is 13.1. The van der Waals surface area contributed by atoms with Crippen LogP contribution in [0.2, 0.25) is 0 Å². The standard InChI is InChI=1S/C11H14FNO3S/c1-17(15,16)10-9(11(10,13)6-14)7-3-2-4-8(12)5-7/h2-5,9-10,14H,6,13H2,1H3. The Balaban J connectivity index is 2.41. The molecule has 3 N–H and O–H groups in total. The van der Waals surface area contributed by atoms with Gasteiger partial charge in [0.2, 0.25) is 0 Å². The van der Waals surface area contributed by atoms with Gasteiger partial charge in [-0.2, -0.15) is 0 Å². The molecule has 0 amide bonds. The van der Waals surface area contributed by atoms with Crippen LogP contribution in [0.4, 0.5) is 4.39 Å². The lowest BCUT2D eigenvalue weighted by molar-refractivity contribution is 0.253. The summed E-state index contributed by atoms with van der Waals surface area (Å²) in [4.78, 5) is 0. The van der Waals surface area contributed by atoms with E-state index in [-0.39, 0.29) is 0 Å². The molecule has 3 unspecified atom stereocenters. The fourth-order valence-corrected chi connectivity index (χ4v) is 4.29. The van der Waals surface area contributed by atoms with Gasteiger partial charge >= 0.3 is 0 Å². The van der Waals surface area contributed by atoms with E-state index in [2.05, 4.69) is 0 Å². The van der Waals surface area contributed by atoms with E-state index in [9.17, 15) is 17.9 Å². The van der Waals surface area contributed by atoms with Gasteiger partial charge in [0.1, 0.15) is 5.82 Å². The van der Waals surface area contributed by atoms with Crippen molar-refractivity contribution in [3.63, 3.8) is 0 Å². The molecule has 2 rings (SSSR count). The Morgan fingerprint density at radius 1 is 1.53 bits per heavy atom. The molecule has 1 aromatic carbocycles. The number of nitrogens with two attached hydrogens (primary N) is 1. The van der Waals surface area contributed by atoms with Crippen molar-refractivity contribution in [3.05, 3.63) is 35.6 Å². The van der Waals surface area contributed by atoms with Crippen molar-refractivity contribution in [2.45, 2.75) is 16.7 Å². The average molecular weight is 259 g/mol. The van der Waals surface area contributed by atoms with Gasteiger partial charge in [0, 0.05) is 12.2 Å². The maximum Gasteiger partial charge on any atom is 0.152 e. The molecule has 17 heavy (non-hydrogen) atoms. The van der Waals surface area contributed by atoms with Gasteiger partial charge in [-0.3, -0.25) is 0 Å². The third-order valence-electron chi connectivity index (χ3n) is 3.25. The summed E-state index contributed by atoms with van der Waals surface area (Å²) in [5.41, 5.74) is 5.17. The molecule has 1 aliphatic carbocycles. The lowest BCUT2D eigenvalue weighted by Gasteiger charge is -2.06. The molecule has 0 heterocycles. The van der Waals surface area contributed by atoms with Gasteiger partial charge in [-0.25, -0.2) is 12.8 Å². The van der Waals surface area contributed by atoms with Gasteiger partial charge in [-0.1, -0.05) is 12.1 Å². The molecule has 4 nitrogen and oxygen atoms in total. The minimum atomic E-state index is -3.37. The first-order chi connectivity index (χ1) is 7.80. The Labute approximate surface area is 99.2 Å². The fraction of sp³-hybridized carbons (Fsp3) is 0.455. The molecule has 0 radical (unpaired) electrons. The minimum Gasteiger partial charge on any atom is -0.394 e. The Hall–Kier alpha value is -0.980. The topological polar surface area (TPSA) is 80.4 Å². The van der Waals surface area contributed by atoms with E-state index in [1.54, 1.807) is 6.07 Å². The predicted octanol–water partition coefficient (Wildman–Crippen LogP) is 0.0259. The number of aliphatic hydroxyl groups is 1. The van der Waals surface area contributed by atoms with Crippen molar-refractivity contribution in [2.24, 2.45) is 5.73 Å². The zero-order chi connectivity index (χ0) is 12.8. The maximum atomic E-state index is 13.1. The summed E-state index contributed by atoms with van der Waals surface area (Å²) in [6.45, 7) is -0.439. The first kappa shape index (κ1) is 12.5. The van der Waals surface area contributed by atoms with E-state index in [0.29, 0.717) is 5.56 Å². The van der Waals surface area contributed by atoms with Crippen LogP contribution in [0.15, 0.2) is 24.3 Å². The van der Waals surface area contributed by atoms with Crippen LogP contribution in [0.25, 0.3) is 0 Å². The van der Waals surface area contributed by atoms with E-state index in [1.165, 1.54) is 18.2 Å². The van der Waals surface area contributed by atoms with Crippen LogP contribution < -0.4 is 5.73 Å². The molecule has 1 fully saturated rings. The van der Waals surface area contributed by atoms with Crippen molar-refractivity contribution >= 4 is 9.84 Å². The second-order valence-corrected chi connectivity index (χ2v) is 6.72. The molecule has 94 valence electrons. The highest BCUT2D eigenvalue weighted by Gasteiger charge is 2.67. The highest BCUT2D eigenvalue weighted by Crippen LogP contribution is 2.53. The highest BCUT2D eigenvalue weighted by molar-refractivity contribution is 7.91. The van der Waals surface area contributed by atoms with Gasteiger partial charge in [0.05, 0.1) is 17.4 Å². The number of hydrogen-bond donors (Lipinski definition) is 2. The first-order valence-corrected chi connectivity index (χ1v) is 7.10. The number of hydrogen-bond acceptors (Lipinski definition) is 4. The number of aliphatic hydroxyl groups excluding tert-OH is 1. The van der Waals surface area contributed by atoms with Crippen LogP contribution in [0.5, 0.6) is 0 Å². The summed E-state index contributed by atoms with van der Waals surface area (Å²) in [6.07, 6.45) is 1.08. The summed E-state index contributed by atoms with van der Waals surface area (Å²) in [5, 5.41) is 8.37. The van der Waals surface area contributed by atoms with Crippen LogP contribution in [0, 0.1) is 5.82 Å². The predicted molar refractivity (Wildman–Crippen MR) is 61.8 cm³/mol. The monoisotopic (exact) mass is 259 g/mol. The molecule has 0 saturated heterocycles. The highest BCUT2D eigenvalue weighted by atomic mass is 32.2. The van der Waals surface area contributed by atoms with Crippen LogP contribution >= 0.6 is 0 Å². The first-order valence-electron chi connectivity index (χ1n) is 5.15. The summed E-state index contributed by atoms with van der Waals surface area (Å²) in [7, 11) is -3.37. The molecular formula is C11H14FNO3S. The van der Waals surface area contributed by atoms with Gasteiger partial charge < -0.3 is 10.8 Å². The lowest BCUT2D eigenvalue weighted by atomic mass is 10.1. The number of halogens is 1. The van der Waals surface area contributed by atoms with Gasteiger partial charge in [-0.15, -0.1) is 0 Å². The van der Waals surface area contributed by atoms with E-state index < -0.39 is 39.0 Å². The van der Waals surface area contributed by atoms with E-state index in [0.717, 1.165) is 6.26 Å². The molecule has 1 saturated carbocycles. The molecule has 6 heteroatoms. The molecule has 3 atom stereocenters.